The number of nitrogens with zero attached hydrogens (tertiary/aromatic N) is 1. The van der Waals surface area contributed by atoms with Crippen molar-refractivity contribution in [1.82, 2.24) is 10.3 Å². The SMILES string of the molecule is CNC(=O)c1cccc(NC(=O)Cc2csc(NC(=O)c3ccccc3)n2)c1C. The van der Waals surface area contributed by atoms with Crippen molar-refractivity contribution < 1.29 is 14.4 Å². The lowest BCUT2D eigenvalue weighted by Gasteiger charge is -2.11. The highest BCUT2D eigenvalue weighted by atomic mass is 32.1. The van der Waals surface area contributed by atoms with Gasteiger partial charge < -0.3 is 10.6 Å². The maximum Gasteiger partial charge on any atom is 0.257 e. The number of amides is 3. The van der Waals surface area contributed by atoms with E-state index in [0.717, 1.165) is 0 Å². The Morgan fingerprint density at radius 3 is 2.45 bits per heavy atom. The molecule has 0 bridgehead atoms. The molecule has 0 unspecified atom stereocenters. The van der Waals surface area contributed by atoms with Gasteiger partial charge in [-0.25, -0.2) is 4.98 Å². The lowest BCUT2D eigenvalue weighted by molar-refractivity contribution is -0.115. The van der Waals surface area contributed by atoms with Crippen molar-refractivity contribution >= 4 is 39.9 Å². The molecule has 1 heterocycles. The van der Waals surface area contributed by atoms with Crippen molar-refractivity contribution in [3.63, 3.8) is 0 Å². The van der Waals surface area contributed by atoms with Gasteiger partial charge in [-0.2, -0.15) is 0 Å². The number of carbonyl (C=O) groups excluding carboxylic acids is 3. The number of anilines is 2. The lowest BCUT2D eigenvalue weighted by atomic mass is 10.1. The summed E-state index contributed by atoms with van der Waals surface area (Å²) in [6.07, 6.45) is 0.0569. The van der Waals surface area contributed by atoms with Crippen molar-refractivity contribution in [2.75, 3.05) is 17.7 Å². The van der Waals surface area contributed by atoms with Crippen LogP contribution >= 0.6 is 11.3 Å². The van der Waals surface area contributed by atoms with Crippen LogP contribution in [-0.2, 0) is 11.2 Å². The quantitative estimate of drug-likeness (QED) is 0.583. The van der Waals surface area contributed by atoms with E-state index in [1.54, 1.807) is 61.8 Å². The van der Waals surface area contributed by atoms with Gasteiger partial charge >= 0.3 is 0 Å². The molecule has 0 atom stereocenters. The number of hydrogen-bond acceptors (Lipinski definition) is 5. The van der Waals surface area contributed by atoms with E-state index in [-0.39, 0.29) is 24.1 Å². The molecule has 0 aliphatic carbocycles. The van der Waals surface area contributed by atoms with E-state index in [2.05, 4.69) is 20.9 Å². The summed E-state index contributed by atoms with van der Waals surface area (Å²) < 4.78 is 0. The van der Waals surface area contributed by atoms with Gasteiger partial charge in [0.1, 0.15) is 0 Å². The monoisotopic (exact) mass is 408 g/mol. The van der Waals surface area contributed by atoms with Gasteiger partial charge in [-0.15, -0.1) is 11.3 Å². The van der Waals surface area contributed by atoms with Crippen LogP contribution in [0.5, 0.6) is 0 Å². The highest BCUT2D eigenvalue weighted by molar-refractivity contribution is 7.14. The van der Waals surface area contributed by atoms with Crippen LogP contribution in [0.2, 0.25) is 0 Å². The van der Waals surface area contributed by atoms with Crippen LogP contribution in [0.3, 0.4) is 0 Å². The maximum atomic E-state index is 12.4. The van der Waals surface area contributed by atoms with Gasteiger partial charge in [0.2, 0.25) is 5.91 Å². The molecule has 3 aromatic rings. The second-order valence-corrected chi connectivity index (χ2v) is 7.10. The van der Waals surface area contributed by atoms with Crippen molar-refractivity contribution in [2.24, 2.45) is 0 Å². The molecule has 7 nitrogen and oxygen atoms in total. The minimum absolute atomic E-state index is 0.0569. The number of thiazole rings is 1. The van der Waals surface area contributed by atoms with Crippen molar-refractivity contribution in [2.45, 2.75) is 13.3 Å². The first kappa shape index (κ1) is 20.2. The van der Waals surface area contributed by atoms with E-state index in [0.29, 0.717) is 33.2 Å². The summed E-state index contributed by atoms with van der Waals surface area (Å²) in [6, 6.07) is 14.0. The summed E-state index contributed by atoms with van der Waals surface area (Å²) in [5.41, 5.74) is 2.85. The number of benzene rings is 2. The van der Waals surface area contributed by atoms with Gasteiger partial charge in [-0.1, -0.05) is 24.3 Å². The maximum absolute atomic E-state index is 12.4. The molecule has 3 N–H and O–H groups in total. The molecule has 3 amide bonds. The van der Waals surface area contributed by atoms with E-state index in [9.17, 15) is 14.4 Å². The number of nitrogens with one attached hydrogen (secondary N) is 3. The van der Waals surface area contributed by atoms with Crippen LogP contribution < -0.4 is 16.0 Å². The molecule has 0 fully saturated rings. The van der Waals surface area contributed by atoms with E-state index in [4.69, 9.17) is 0 Å². The Hall–Kier alpha value is -3.52. The fourth-order valence-electron chi connectivity index (χ4n) is 2.72. The van der Waals surface area contributed by atoms with Gasteiger partial charge in [-0.05, 0) is 36.8 Å². The zero-order valence-electron chi connectivity index (χ0n) is 16.0. The number of aromatic nitrogens is 1. The molecule has 0 saturated carbocycles. The van der Waals surface area contributed by atoms with Crippen molar-refractivity contribution in [3.8, 4) is 0 Å². The fourth-order valence-corrected chi connectivity index (χ4v) is 3.42. The van der Waals surface area contributed by atoms with E-state index in [1.165, 1.54) is 11.3 Å². The van der Waals surface area contributed by atoms with Crippen LogP contribution in [0.1, 0.15) is 32.0 Å². The molecular formula is C21H20N4O3S. The smallest absolute Gasteiger partial charge is 0.257 e. The molecule has 0 spiro atoms. The summed E-state index contributed by atoms with van der Waals surface area (Å²) in [6.45, 7) is 1.78. The average Bonchev–Trinajstić information content (AvgIpc) is 3.16. The molecule has 0 aliphatic rings. The number of carbonyl (C=O) groups is 3. The van der Waals surface area contributed by atoms with E-state index < -0.39 is 0 Å². The summed E-state index contributed by atoms with van der Waals surface area (Å²) in [7, 11) is 1.56. The van der Waals surface area contributed by atoms with Gasteiger partial charge in [0.05, 0.1) is 12.1 Å². The van der Waals surface area contributed by atoms with Gasteiger partial charge in [-0.3, -0.25) is 19.7 Å². The summed E-state index contributed by atoms with van der Waals surface area (Å²) in [5, 5.41) is 10.3. The Morgan fingerprint density at radius 1 is 0.966 bits per heavy atom. The van der Waals surface area contributed by atoms with Crippen LogP contribution in [-0.4, -0.2) is 29.8 Å². The third-order valence-corrected chi connectivity index (χ3v) is 5.04. The highest BCUT2D eigenvalue weighted by Crippen LogP contribution is 2.20. The normalized spacial score (nSPS) is 10.3. The molecule has 148 valence electrons. The van der Waals surface area contributed by atoms with Crippen LogP contribution in [0.15, 0.2) is 53.9 Å². The standard InChI is InChI=1S/C21H20N4O3S/c1-13-16(20(28)22-2)9-6-10-17(13)24-18(26)11-15-12-29-21(23-15)25-19(27)14-7-4-3-5-8-14/h3-10,12H,11H2,1-2H3,(H,22,28)(H,24,26)(H,23,25,27). The van der Waals surface area contributed by atoms with Crippen molar-refractivity contribution in [3.05, 3.63) is 76.3 Å². The van der Waals surface area contributed by atoms with E-state index >= 15 is 0 Å². The lowest BCUT2D eigenvalue weighted by Crippen LogP contribution is -2.21. The Morgan fingerprint density at radius 2 is 1.72 bits per heavy atom. The molecule has 29 heavy (non-hydrogen) atoms. The molecular weight excluding hydrogens is 388 g/mol. The predicted molar refractivity (Wildman–Crippen MR) is 113 cm³/mol. The Kier molecular flexibility index (Phi) is 6.36. The zero-order chi connectivity index (χ0) is 20.8. The first-order chi connectivity index (χ1) is 14.0. The van der Waals surface area contributed by atoms with E-state index in [1.807, 2.05) is 6.07 Å². The molecule has 3 rings (SSSR count). The molecule has 0 aliphatic heterocycles. The highest BCUT2D eigenvalue weighted by Gasteiger charge is 2.14. The molecule has 0 saturated heterocycles. The minimum atomic E-state index is -0.256. The third-order valence-electron chi connectivity index (χ3n) is 4.23. The molecule has 2 aromatic carbocycles. The molecule has 8 heteroatoms. The number of hydrogen-bond donors (Lipinski definition) is 3. The zero-order valence-corrected chi connectivity index (χ0v) is 16.8. The largest absolute Gasteiger partial charge is 0.355 e. The topological polar surface area (TPSA) is 100 Å². The van der Waals surface area contributed by atoms with Crippen molar-refractivity contribution in [1.29, 1.82) is 0 Å². The average molecular weight is 408 g/mol. The summed E-state index contributed by atoms with van der Waals surface area (Å²) >= 11 is 1.26. The van der Waals surface area contributed by atoms with Crippen LogP contribution in [0, 0.1) is 6.92 Å². The van der Waals surface area contributed by atoms with Gasteiger partial charge in [0.25, 0.3) is 11.8 Å². The summed E-state index contributed by atoms with van der Waals surface area (Å²) in [4.78, 5) is 40.8. The molecule has 0 radical (unpaired) electrons. The predicted octanol–water partition coefficient (Wildman–Crippen LogP) is 3.24. The molecule has 1 aromatic heterocycles. The third kappa shape index (κ3) is 5.05. The van der Waals surface area contributed by atoms with Crippen LogP contribution in [0.25, 0.3) is 0 Å². The fraction of sp³-hybridized carbons (Fsp3) is 0.143. The Balaban J connectivity index is 1.62. The first-order valence-corrected chi connectivity index (χ1v) is 9.78. The number of rotatable bonds is 6. The minimum Gasteiger partial charge on any atom is -0.355 e. The summed E-state index contributed by atoms with van der Waals surface area (Å²) in [5.74, 6) is -0.720. The second-order valence-electron chi connectivity index (χ2n) is 6.25. The Labute approximate surface area is 172 Å². The van der Waals surface area contributed by atoms with Gasteiger partial charge in [0.15, 0.2) is 5.13 Å². The van der Waals surface area contributed by atoms with Gasteiger partial charge in [0, 0.05) is 29.2 Å². The van der Waals surface area contributed by atoms with Crippen LogP contribution in [0.4, 0.5) is 10.8 Å². The second kappa shape index (κ2) is 9.11. The first-order valence-electron chi connectivity index (χ1n) is 8.90. The Bertz CT molecular complexity index is 1050.